The van der Waals surface area contributed by atoms with Crippen LogP contribution in [0.5, 0.6) is 0 Å². The summed E-state index contributed by atoms with van der Waals surface area (Å²) in [5.41, 5.74) is -0.859. The molecule has 4 aliphatic rings. The van der Waals surface area contributed by atoms with Gasteiger partial charge in [-0.2, -0.15) is 0 Å². The van der Waals surface area contributed by atoms with Gasteiger partial charge in [0.25, 0.3) is 0 Å². The second kappa shape index (κ2) is 8.42. The molecule has 0 radical (unpaired) electrons. The molecule has 3 heterocycles. The standard InChI is InChI=1S/C26H36O9/c1-12-9-18(31-14(3)27)22(24(6,7)34-16(5)29)21-20(12)17-10-13(2)26(30)11-19(32-15(4)28)25(8,35-26)23(21)33-17/h9,17-23,30H,2,10-11H2,1,3-8H3/t17-,18-,19+,20-,21+,22+,23-,25+,26+/m1/s1. The number of rotatable bonds is 4. The summed E-state index contributed by atoms with van der Waals surface area (Å²) in [5, 5.41) is 11.4. The van der Waals surface area contributed by atoms with Crippen LogP contribution >= 0.6 is 0 Å². The first kappa shape index (κ1) is 25.9. The Morgan fingerprint density at radius 1 is 1.14 bits per heavy atom. The molecule has 194 valence electrons. The Hall–Kier alpha value is -2.23. The number of ether oxygens (including phenoxy) is 5. The molecule has 0 aromatic heterocycles. The maximum absolute atomic E-state index is 12.1. The summed E-state index contributed by atoms with van der Waals surface area (Å²) in [6.07, 6.45) is -0.225. The van der Waals surface area contributed by atoms with Gasteiger partial charge in [-0.05, 0) is 39.3 Å². The second-order valence-corrected chi connectivity index (χ2v) is 11.1. The molecule has 0 saturated carbocycles. The highest BCUT2D eigenvalue weighted by Crippen LogP contribution is 2.60. The molecule has 0 aromatic rings. The highest BCUT2D eigenvalue weighted by atomic mass is 16.7. The number of carbonyl (C=O) groups excluding carboxylic acids is 3. The molecular formula is C26H36O9. The molecule has 3 saturated heterocycles. The summed E-state index contributed by atoms with van der Waals surface area (Å²) in [5.74, 6) is -4.08. The maximum Gasteiger partial charge on any atom is 0.303 e. The molecule has 35 heavy (non-hydrogen) atoms. The minimum absolute atomic E-state index is 0.0338. The van der Waals surface area contributed by atoms with Crippen molar-refractivity contribution in [1.29, 1.82) is 0 Å². The van der Waals surface area contributed by atoms with E-state index in [9.17, 15) is 19.5 Å². The fraction of sp³-hybridized carbons (Fsp3) is 0.731. The number of fused-ring (bicyclic) bond motifs is 8. The minimum atomic E-state index is -1.67. The van der Waals surface area contributed by atoms with Gasteiger partial charge in [0.15, 0.2) is 5.79 Å². The van der Waals surface area contributed by atoms with Crippen LogP contribution in [0.4, 0.5) is 0 Å². The molecular weight excluding hydrogens is 456 g/mol. The van der Waals surface area contributed by atoms with Crippen molar-refractivity contribution in [2.75, 3.05) is 0 Å². The second-order valence-electron chi connectivity index (χ2n) is 11.1. The van der Waals surface area contributed by atoms with Gasteiger partial charge in [-0.25, -0.2) is 0 Å². The molecule has 9 atom stereocenters. The zero-order valence-corrected chi connectivity index (χ0v) is 21.5. The third kappa shape index (κ3) is 4.21. The van der Waals surface area contributed by atoms with Crippen LogP contribution in [0.25, 0.3) is 0 Å². The van der Waals surface area contributed by atoms with Gasteiger partial charge >= 0.3 is 17.9 Å². The van der Waals surface area contributed by atoms with E-state index < -0.39 is 59.1 Å². The lowest BCUT2D eigenvalue weighted by Crippen LogP contribution is -2.59. The predicted octanol–water partition coefficient (Wildman–Crippen LogP) is 2.59. The summed E-state index contributed by atoms with van der Waals surface area (Å²) in [6.45, 7) is 15.4. The zero-order chi connectivity index (χ0) is 26.1. The summed E-state index contributed by atoms with van der Waals surface area (Å²) >= 11 is 0. The van der Waals surface area contributed by atoms with Crippen LogP contribution < -0.4 is 0 Å². The van der Waals surface area contributed by atoms with Crippen LogP contribution in [0.2, 0.25) is 0 Å². The van der Waals surface area contributed by atoms with E-state index in [4.69, 9.17) is 23.7 Å². The van der Waals surface area contributed by atoms with E-state index in [1.165, 1.54) is 20.8 Å². The lowest BCUT2D eigenvalue weighted by Gasteiger charge is -2.49. The Morgan fingerprint density at radius 2 is 1.77 bits per heavy atom. The zero-order valence-electron chi connectivity index (χ0n) is 21.5. The van der Waals surface area contributed by atoms with E-state index in [1.54, 1.807) is 20.8 Å². The summed E-state index contributed by atoms with van der Waals surface area (Å²) < 4.78 is 30.1. The lowest BCUT2D eigenvalue weighted by molar-refractivity contribution is -0.254. The van der Waals surface area contributed by atoms with Gasteiger partial charge in [0, 0.05) is 51.4 Å². The van der Waals surface area contributed by atoms with Crippen molar-refractivity contribution in [3.63, 3.8) is 0 Å². The van der Waals surface area contributed by atoms with Crippen LogP contribution in [0.15, 0.2) is 23.8 Å². The average molecular weight is 493 g/mol. The number of aliphatic hydroxyl groups is 1. The van der Waals surface area contributed by atoms with Crippen LogP contribution in [-0.4, -0.2) is 64.4 Å². The fourth-order valence-electron chi connectivity index (χ4n) is 6.93. The smallest absolute Gasteiger partial charge is 0.303 e. The van der Waals surface area contributed by atoms with E-state index in [2.05, 4.69) is 6.58 Å². The summed E-state index contributed by atoms with van der Waals surface area (Å²) in [6, 6.07) is 0. The van der Waals surface area contributed by atoms with Gasteiger partial charge in [0.1, 0.15) is 23.4 Å². The van der Waals surface area contributed by atoms with Crippen LogP contribution in [0.1, 0.15) is 61.3 Å². The Morgan fingerprint density at radius 3 is 2.34 bits per heavy atom. The summed E-state index contributed by atoms with van der Waals surface area (Å²) in [7, 11) is 0. The van der Waals surface area contributed by atoms with Crippen molar-refractivity contribution in [1.82, 2.24) is 0 Å². The number of hydrogen-bond donors (Lipinski definition) is 1. The van der Waals surface area contributed by atoms with Gasteiger partial charge in [0.2, 0.25) is 0 Å². The minimum Gasteiger partial charge on any atom is -0.459 e. The average Bonchev–Trinajstić information content (AvgIpc) is 3.17. The third-order valence-corrected chi connectivity index (χ3v) is 8.08. The molecule has 4 rings (SSSR count). The monoisotopic (exact) mass is 492 g/mol. The first-order valence-corrected chi connectivity index (χ1v) is 12.1. The largest absolute Gasteiger partial charge is 0.459 e. The van der Waals surface area contributed by atoms with Crippen molar-refractivity contribution < 1.29 is 43.2 Å². The molecule has 1 aliphatic carbocycles. The summed E-state index contributed by atoms with van der Waals surface area (Å²) in [4.78, 5) is 36.1. The van der Waals surface area contributed by atoms with Gasteiger partial charge in [-0.3, -0.25) is 14.4 Å². The fourth-order valence-corrected chi connectivity index (χ4v) is 6.93. The van der Waals surface area contributed by atoms with Crippen molar-refractivity contribution in [2.24, 2.45) is 17.8 Å². The lowest BCUT2D eigenvalue weighted by atomic mass is 9.60. The first-order valence-electron chi connectivity index (χ1n) is 12.1. The van der Waals surface area contributed by atoms with E-state index in [0.717, 1.165) is 5.57 Å². The highest BCUT2D eigenvalue weighted by molar-refractivity contribution is 5.67. The Balaban J connectivity index is 1.89. The maximum atomic E-state index is 12.1. The number of esters is 3. The molecule has 9 nitrogen and oxygen atoms in total. The van der Waals surface area contributed by atoms with Crippen LogP contribution in [0, 0.1) is 17.8 Å². The van der Waals surface area contributed by atoms with Crippen molar-refractivity contribution >= 4 is 17.9 Å². The molecule has 0 aromatic carbocycles. The van der Waals surface area contributed by atoms with E-state index in [1.807, 2.05) is 13.0 Å². The predicted molar refractivity (Wildman–Crippen MR) is 123 cm³/mol. The third-order valence-electron chi connectivity index (χ3n) is 8.08. The molecule has 0 spiro atoms. The number of carbonyl (C=O) groups is 3. The van der Waals surface area contributed by atoms with E-state index >= 15 is 0 Å². The van der Waals surface area contributed by atoms with Gasteiger partial charge in [-0.1, -0.05) is 12.2 Å². The van der Waals surface area contributed by atoms with E-state index in [0.29, 0.717) is 12.0 Å². The van der Waals surface area contributed by atoms with Crippen molar-refractivity contribution in [2.45, 2.75) is 103 Å². The van der Waals surface area contributed by atoms with Crippen molar-refractivity contribution in [3.05, 3.63) is 23.8 Å². The quantitative estimate of drug-likeness (QED) is 0.359. The molecule has 9 heteroatoms. The molecule has 4 bridgehead atoms. The van der Waals surface area contributed by atoms with Gasteiger partial charge in [-0.15, -0.1) is 0 Å². The normalized spacial score (nSPS) is 42.3. The van der Waals surface area contributed by atoms with Crippen LogP contribution in [-0.2, 0) is 38.1 Å². The number of hydrogen-bond acceptors (Lipinski definition) is 9. The van der Waals surface area contributed by atoms with Crippen molar-refractivity contribution in [3.8, 4) is 0 Å². The van der Waals surface area contributed by atoms with Crippen LogP contribution in [0.3, 0.4) is 0 Å². The molecule has 0 unspecified atom stereocenters. The van der Waals surface area contributed by atoms with Gasteiger partial charge in [0.05, 0.1) is 12.2 Å². The van der Waals surface area contributed by atoms with Gasteiger partial charge < -0.3 is 28.8 Å². The Labute approximate surface area is 205 Å². The SMILES string of the molecule is C=C1C[C@H]2O[C@H]([C@H]3[C@@H]2C(C)=C[C@@H](OC(C)=O)[C@@H]3C(C)(C)OC(C)=O)[C@@]2(C)O[C@@]1(O)C[C@@H]2OC(C)=O. The first-order chi connectivity index (χ1) is 16.1. The Bertz CT molecular complexity index is 983. The molecule has 0 amide bonds. The topological polar surface area (TPSA) is 118 Å². The molecule has 1 N–H and O–H groups in total. The molecule has 3 fully saturated rings. The Kier molecular flexibility index (Phi) is 6.22. The molecule has 3 aliphatic heterocycles. The highest BCUT2D eigenvalue weighted by Gasteiger charge is 2.70. The van der Waals surface area contributed by atoms with E-state index in [-0.39, 0.29) is 24.4 Å².